The van der Waals surface area contributed by atoms with Crippen LogP contribution in [0, 0.1) is 5.92 Å². The van der Waals surface area contributed by atoms with E-state index in [2.05, 4.69) is 21.2 Å². The van der Waals surface area contributed by atoms with Gasteiger partial charge in [-0.05, 0) is 37.5 Å². The molecule has 2 fully saturated rings. The van der Waals surface area contributed by atoms with Crippen LogP contribution in [-0.4, -0.2) is 35.0 Å². The summed E-state index contributed by atoms with van der Waals surface area (Å²) in [7, 11) is 0. The van der Waals surface area contributed by atoms with Gasteiger partial charge in [0.15, 0.2) is 0 Å². The van der Waals surface area contributed by atoms with Crippen LogP contribution >= 0.6 is 15.9 Å². The molecule has 2 amide bonds. The minimum atomic E-state index is -0.909. The molecule has 2 N–H and O–H groups in total. The van der Waals surface area contributed by atoms with Gasteiger partial charge in [-0.15, -0.1) is 0 Å². The lowest BCUT2D eigenvalue weighted by molar-refractivity contribution is -0.141. The Morgan fingerprint density at radius 1 is 1.38 bits per heavy atom. The smallest absolute Gasteiger partial charge is 0.305 e. The SMILES string of the molecule is O=C(O)CC1(NC(=O)C2CC(=O)N(c3cccc(Br)c3)C2)CCC1. The first-order valence-electron chi connectivity index (χ1n) is 7.98. The molecule has 1 aliphatic heterocycles. The van der Waals surface area contributed by atoms with Crippen LogP contribution < -0.4 is 10.2 Å². The molecule has 1 saturated heterocycles. The third-order valence-corrected chi connectivity index (χ3v) is 5.30. The van der Waals surface area contributed by atoms with E-state index in [0.29, 0.717) is 19.4 Å². The van der Waals surface area contributed by atoms with Gasteiger partial charge < -0.3 is 15.3 Å². The normalized spacial score (nSPS) is 22.1. The number of nitrogens with zero attached hydrogens (tertiary/aromatic N) is 1. The van der Waals surface area contributed by atoms with Crippen LogP contribution in [0.25, 0.3) is 0 Å². The van der Waals surface area contributed by atoms with E-state index >= 15 is 0 Å². The van der Waals surface area contributed by atoms with Crippen molar-refractivity contribution in [2.24, 2.45) is 5.92 Å². The maximum absolute atomic E-state index is 12.5. The monoisotopic (exact) mass is 394 g/mol. The van der Waals surface area contributed by atoms with Gasteiger partial charge in [-0.1, -0.05) is 22.0 Å². The summed E-state index contributed by atoms with van der Waals surface area (Å²) >= 11 is 3.38. The van der Waals surface area contributed by atoms with Gasteiger partial charge in [0.2, 0.25) is 11.8 Å². The zero-order valence-corrected chi connectivity index (χ0v) is 14.7. The molecular formula is C17H19BrN2O4. The molecule has 1 unspecified atom stereocenters. The number of rotatable bonds is 5. The fraction of sp³-hybridized carbons (Fsp3) is 0.471. The second kappa shape index (κ2) is 6.55. The van der Waals surface area contributed by atoms with Gasteiger partial charge in [0.05, 0.1) is 17.9 Å². The lowest BCUT2D eigenvalue weighted by Crippen LogP contribution is -2.56. The Morgan fingerprint density at radius 2 is 2.12 bits per heavy atom. The molecule has 1 aliphatic carbocycles. The molecule has 1 aromatic carbocycles. The summed E-state index contributed by atoms with van der Waals surface area (Å²) in [6, 6.07) is 7.40. The number of aliphatic carboxylic acids is 1. The highest BCUT2D eigenvalue weighted by Crippen LogP contribution is 2.36. The lowest BCUT2D eigenvalue weighted by atomic mass is 9.74. The molecule has 1 heterocycles. The number of anilines is 1. The van der Waals surface area contributed by atoms with Crippen molar-refractivity contribution in [2.45, 2.75) is 37.6 Å². The predicted molar refractivity (Wildman–Crippen MR) is 91.6 cm³/mol. The van der Waals surface area contributed by atoms with Crippen LogP contribution in [0.5, 0.6) is 0 Å². The number of hydrogen-bond donors (Lipinski definition) is 2. The van der Waals surface area contributed by atoms with E-state index in [1.165, 1.54) is 0 Å². The molecule has 0 radical (unpaired) electrons. The van der Waals surface area contributed by atoms with Crippen molar-refractivity contribution in [2.75, 3.05) is 11.4 Å². The first-order chi connectivity index (χ1) is 11.4. The molecule has 0 bridgehead atoms. The Balaban J connectivity index is 1.67. The van der Waals surface area contributed by atoms with Crippen molar-refractivity contribution in [3.8, 4) is 0 Å². The third kappa shape index (κ3) is 3.45. The van der Waals surface area contributed by atoms with E-state index in [1.807, 2.05) is 24.3 Å². The molecule has 0 aromatic heterocycles. The van der Waals surface area contributed by atoms with Crippen molar-refractivity contribution in [1.29, 1.82) is 0 Å². The van der Waals surface area contributed by atoms with E-state index in [0.717, 1.165) is 16.6 Å². The quantitative estimate of drug-likeness (QED) is 0.801. The number of carbonyl (C=O) groups is 3. The van der Waals surface area contributed by atoms with Gasteiger partial charge >= 0.3 is 5.97 Å². The first-order valence-corrected chi connectivity index (χ1v) is 8.78. The van der Waals surface area contributed by atoms with Crippen LogP contribution in [0.1, 0.15) is 32.1 Å². The van der Waals surface area contributed by atoms with Crippen molar-refractivity contribution < 1.29 is 19.5 Å². The van der Waals surface area contributed by atoms with Gasteiger partial charge in [0, 0.05) is 23.1 Å². The van der Waals surface area contributed by atoms with Gasteiger partial charge in [-0.2, -0.15) is 0 Å². The van der Waals surface area contributed by atoms with Crippen molar-refractivity contribution in [1.82, 2.24) is 5.32 Å². The summed E-state index contributed by atoms with van der Waals surface area (Å²) in [5.74, 6) is -1.66. The second-order valence-corrected chi connectivity index (χ2v) is 7.49. The molecule has 2 aliphatic rings. The summed E-state index contributed by atoms with van der Waals surface area (Å²) in [6.45, 7) is 0.324. The average molecular weight is 395 g/mol. The highest BCUT2D eigenvalue weighted by atomic mass is 79.9. The Bertz CT molecular complexity index is 687. The molecule has 6 nitrogen and oxygen atoms in total. The number of carboxylic acid groups (broad SMARTS) is 1. The molecule has 1 aromatic rings. The van der Waals surface area contributed by atoms with Crippen LogP contribution in [0.15, 0.2) is 28.7 Å². The highest BCUT2D eigenvalue weighted by Gasteiger charge is 2.43. The largest absolute Gasteiger partial charge is 0.481 e. The Morgan fingerprint density at radius 3 is 2.71 bits per heavy atom. The van der Waals surface area contributed by atoms with E-state index in [1.54, 1.807) is 4.90 Å². The summed E-state index contributed by atoms with van der Waals surface area (Å²) in [6.07, 6.45) is 2.37. The van der Waals surface area contributed by atoms with Crippen LogP contribution in [0.3, 0.4) is 0 Å². The van der Waals surface area contributed by atoms with Crippen LogP contribution in [-0.2, 0) is 14.4 Å². The topological polar surface area (TPSA) is 86.7 Å². The number of carboxylic acids is 1. The van der Waals surface area contributed by atoms with Crippen LogP contribution in [0.4, 0.5) is 5.69 Å². The molecule has 128 valence electrons. The standard InChI is InChI=1S/C17H19BrN2O4/c18-12-3-1-4-13(8-12)20-10-11(7-14(20)21)16(24)19-17(5-2-6-17)9-15(22)23/h1,3-4,8,11H,2,5-7,9-10H2,(H,19,24)(H,22,23). The van der Waals surface area contributed by atoms with Gasteiger partial charge in [-0.3, -0.25) is 14.4 Å². The zero-order chi connectivity index (χ0) is 17.3. The molecule has 0 spiro atoms. The predicted octanol–water partition coefficient (Wildman–Crippen LogP) is 2.32. The van der Waals surface area contributed by atoms with Gasteiger partial charge in [-0.25, -0.2) is 0 Å². The summed E-state index contributed by atoms with van der Waals surface area (Å²) in [5, 5.41) is 11.9. The molecule has 24 heavy (non-hydrogen) atoms. The third-order valence-electron chi connectivity index (χ3n) is 4.80. The van der Waals surface area contributed by atoms with Crippen LogP contribution in [0.2, 0.25) is 0 Å². The summed E-state index contributed by atoms with van der Waals surface area (Å²) in [4.78, 5) is 37.4. The summed E-state index contributed by atoms with van der Waals surface area (Å²) < 4.78 is 0.871. The number of halogens is 1. The average Bonchev–Trinajstić information content (AvgIpc) is 2.86. The van der Waals surface area contributed by atoms with E-state index < -0.39 is 17.4 Å². The Kier molecular flexibility index (Phi) is 4.62. The van der Waals surface area contributed by atoms with E-state index in [9.17, 15) is 14.4 Å². The zero-order valence-electron chi connectivity index (χ0n) is 13.1. The Labute approximate surface area is 148 Å². The Hall–Kier alpha value is -1.89. The van der Waals surface area contributed by atoms with Crippen molar-refractivity contribution in [3.05, 3.63) is 28.7 Å². The maximum Gasteiger partial charge on any atom is 0.305 e. The fourth-order valence-electron chi connectivity index (χ4n) is 3.38. The minimum Gasteiger partial charge on any atom is -0.481 e. The molecular weight excluding hydrogens is 376 g/mol. The number of amides is 2. The van der Waals surface area contributed by atoms with Crippen molar-refractivity contribution >= 4 is 39.4 Å². The highest BCUT2D eigenvalue weighted by molar-refractivity contribution is 9.10. The molecule has 3 rings (SSSR count). The maximum atomic E-state index is 12.5. The number of benzene rings is 1. The summed E-state index contributed by atoms with van der Waals surface area (Å²) in [5.41, 5.74) is 0.128. The van der Waals surface area contributed by atoms with E-state index in [-0.39, 0.29) is 24.7 Å². The number of nitrogens with one attached hydrogen (secondary N) is 1. The number of carbonyl (C=O) groups excluding carboxylic acids is 2. The van der Waals surface area contributed by atoms with Gasteiger partial charge in [0.25, 0.3) is 0 Å². The molecule has 1 atom stereocenters. The second-order valence-electron chi connectivity index (χ2n) is 6.58. The molecule has 7 heteroatoms. The minimum absolute atomic E-state index is 0.0608. The van der Waals surface area contributed by atoms with Gasteiger partial charge in [0.1, 0.15) is 0 Å². The van der Waals surface area contributed by atoms with E-state index in [4.69, 9.17) is 5.11 Å². The fourth-order valence-corrected chi connectivity index (χ4v) is 3.77. The number of hydrogen-bond acceptors (Lipinski definition) is 3. The lowest BCUT2D eigenvalue weighted by Gasteiger charge is -2.42. The molecule has 1 saturated carbocycles. The van der Waals surface area contributed by atoms with Crippen molar-refractivity contribution in [3.63, 3.8) is 0 Å². The first kappa shape index (κ1) is 17.0.